The zero-order valence-corrected chi connectivity index (χ0v) is 5.38. The van der Waals surface area contributed by atoms with E-state index in [0.717, 1.165) is 0 Å². The van der Waals surface area contributed by atoms with Gasteiger partial charge in [-0.25, -0.2) is 9.97 Å². The Labute approximate surface area is 59.1 Å². The molecule has 1 heterocycles. The molecule has 0 saturated carbocycles. The van der Waals surface area contributed by atoms with Crippen LogP contribution in [0.2, 0.25) is 0 Å². The van der Waals surface area contributed by atoms with Crippen molar-refractivity contribution in [1.29, 1.82) is 0 Å². The zero-order chi connectivity index (χ0) is 7.07. The Morgan fingerprint density at radius 2 is 1.20 bits per heavy atom. The Kier molecular flexibility index (Phi) is 2.89. The third-order valence-corrected chi connectivity index (χ3v) is 0.828. The lowest BCUT2D eigenvalue weighted by molar-refractivity contribution is 1.18. The molecule has 0 spiro atoms. The highest BCUT2D eigenvalue weighted by atomic mass is 14.8. The lowest BCUT2D eigenvalue weighted by Crippen LogP contribution is -1.65. The van der Waals surface area contributed by atoms with Crippen LogP contribution in [0.5, 0.6) is 0 Å². The summed E-state index contributed by atoms with van der Waals surface area (Å²) in [7, 11) is 0. The summed E-state index contributed by atoms with van der Waals surface area (Å²) in [6.45, 7) is 0. The maximum atomic E-state index is 3.86. The molecule has 0 atom stereocenters. The molecule has 0 aliphatic carbocycles. The number of nitrogens with zero attached hydrogens (tertiary/aromatic N) is 3. The molecule has 10 heavy (non-hydrogen) atoms. The first-order valence-electron chi connectivity index (χ1n) is 2.88. The molecule has 50 valence electrons. The standard InChI is InChI=1S/C7H7N3/c1-2-4-9-7-10-6-5-8-3-1/h1-7H. The molecule has 1 rings (SSSR count). The van der Waals surface area contributed by atoms with Gasteiger partial charge < -0.3 is 0 Å². The van der Waals surface area contributed by atoms with Crippen LogP contribution in [0.3, 0.4) is 0 Å². The smallest absolute Gasteiger partial charge is 0.115 e. The fourth-order valence-corrected chi connectivity index (χ4v) is 0.441. The maximum absolute atomic E-state index is 3.86. The van der Waals surface area contributed by atoms with Crippen molar-refractivity contribution < 1.29 is 0 Å². The van der Waals surface area contributed by atoms with E-state index >= 15 is 0 Å². The van der Waals surface area contributed by atoms with E-state index in [0.29, 0.717) is 0 Å². The molecule has 0 aromatic carbocycles. The van der Waals surface area contributed by atoms with Crippen LogP contribution >= 0.6 is 0 Å². The molecule has 3 heteroatoms. The summed E-state index contributed by atoms with van der Waals surface area (Å²) in [6.07, 6.45) is 7.95. The van der Waals surface area contributed by atoms with E-state index in [1.54, 1.807) is 36.9 Å². The highest BCUT2D eigenvalue weighted by Gasteiger charge is 1.59. The van der Waals surface area contributed by atoms with Crippen molar-refractivity contribution in [3.63, 3.8) is 0 Å². The molecule has 0 saturated heterocycles. The van der Waals surface area contributed by atoms with Crippen LogP contribution in [0, 0.1) is 0 Å². The maximum Gasteiger partial charge on any atom is 0.115 e. The first-order valence-corrected chi connectivity index (χ1v) is 2.88. The van der Waals surface area contributed by atoms with Crippen LogP contribution in [-0.4, -0.2) is 15.0 Å². The van der Waals surface area contributed by atoms with Crippen LogP contribution < -0.4 is 0 Å². The normalized spacial score (nSPS) is 8.00. The van der Waals surface area contributed by atoms with Crippen molar-refractivity contribution >= 4 is 0 Å². The third-order valence-electron chi connectivity index (χ3n) is 0.828. The lowest BCUT2D eigenvalue weighted by atomic mass is 10.6. The van der Waals surface area contributed by atoms with Crippen molar-refractivity contribution in [2.45, 2.75) is 0 Å². The van der Waals surface area contributed by atoms with Crippen LogP contribution in [0.15, 0.2) is 43.2 Å². The van der Waals surface area contributed by atoms with E-state index in [1.165, 1.54) is 6.33 Å². The average Bonchev–Trinajstić information content (AvgIpc) is 2.01. The fraction of sp³-hybridized carbons (Fsp3) is 0. The van der Waals surface area contributed by atoms with Crippen molar-refractivity contribution in [2.75, 3.05) is 0 Å². The molecule has 0 N–H and O–H groups in total. The van der Waals surface area contributed by atoms with E-state index in [4.69, 9.17) is 0 Å². The summed E-state index contributed by atoms with van der Waals surface area (Å²) in [5.41, 5.74) is 0. The Morgan fingerprint density at radius 3 is 2.10 bits per heavy atom. The van der Waals surface area contributed by atoms with E-state index in [2.05, 4.69) is 15.0 Å². The summed E-state index contributed by atoms with van der Waals surface area (Å²) in [5, 5.41) is 0. The second kappa shape index (κ2) is 4.38. The Hall–Kier alpha value is -1.51. The molecule has 0 aliphatic heterocycles. The summed E-state index contributed by atoms with van der Waals surface area (Å²) in [6, 6.07) is 3.58. The van der Waals surface area contributed by atoms with Gasteiger partial charge in [-0.3, -0.25) is 4.98 Å². The summed E-state index contributed by atoms with van der Waals surface area (Å²) in [5.74, 6) is 0. The van der Waals surface area contributed by atoms with Crippen molar-refractivity contribution in [3.8, 4) is 0 Å². The molecule has 0 radical (unpaired) electrons. The molecule has 0 bridgehead atoms. The molecular formula is C7H7N3. The zero-order valence-electron chi connectivity index (χ0n) is 5.38. The number of aromatic nitrogens is 3. The van der Waals surface area contributed by atoms with E-state index < -0.39 is 0 Å². The number of rotatable bonds is 0. The summed E-state index contributed by atoms with van der Waals surface area (Å²) in [4.78, 5) is 11.5. The topological polar surface area (TPSA) is 38.7 Å². The Bertz CT molecular complexity index is 148. The van der Waals surface area contributed by atoms with E-state index in [1.807, 2.05) is 0 Å². The van der Waals surface area contributed by atoms with E-state index in [-0.39, 0.29) is 0 Å². The molecule has 0 amide bonds. The molecule has 0 fully saturated rings. The molecular weight excluding hydrogens is 126 g/mol. The van der Waals surface area contributed by atoms with Gasteiger partial charge in [0.15, 0.2) is 0 Å². The van der Waals surface area contributed by atoms with Crippen LogP contribution in [0.1, 0.15) is 0 Å². The molecule has 3 nitrogen and oxygen atoms in total. The third kappa shape index (κ3) is 2.71. The Balaban J connectivity index is 3.00. The monoisotopic (exact) mass is 133 g/mol. The molecule has 1 aromatic heterocycles. The highest BCUT2D eigenvalue weighted by molar-refractivity contribution is 4.80. The van der Waals surface area contributed by atoms with Crippen LogP contribution in [0.25, 0.3) is 0 Å². The fourth-order valence-electron chi connectivity index (χ4n) is 0.441. The summed E-state index contributed by atoms with van der Waals surface area (Å²) < 4.78 is 0. The largest absolute Gasteiger partial charge is 0.263 e. The lowest BCUT2D eigenvalue weighted by Gasteiger charge is -1.70. The second-order valence-corrected chi connectivity index (χ2v) is 1.54. The van der Waals surface area contributed by atoms with Gasteiger partial charge in [0.1, 0.15) is 6.33 Å². The van der Waals surface area contributed by atoms with Gasteiger partial charge in [0, 0.05) is 24.8 Å². The van der Waals surface area contributed by atoms with Crippen LogP contribution in [-0.2, 0) is 0 Å². The highest BCUT2D eigenvalue weighted by Crippen LogP contribution is 1.69. The minimum absolute atomic E-state index is 1.46. The van der Waals surface area contributed by atoms with Crippen molar-refractivity contribution in [3.05, 3.63) is 43.2 Å². The minimum Gasteiger partial charge on any atom is -0.263 e. The quantitative estimate of drug-likeness (QED) is 0.529. The van der Waals surface area contributed by atoms with Crippen molar-refractivity contribution in [1.82, 2.24) is 15.0 Å². The molecule has 1 aromatic rings. The van der Waals surface area contributed by atoms with Gasteiger partial charge in [-0.05, 0) is 12.1 Å². The molecule has 0 aliphatic rings. The molecule has 0 unspecified atom stereocenters. The van der Waals surface area contributed by atoms with Gasteiger partial charge >= 0.3 is 0 Å². The Morgan fingerprint density at radius 1 is 0.600 bits per heavy atom. The summed E-state index contributed by atoms with van der Waals surface area (Å²) >= 11 is 0. The predicted octanol–water partition coefficient (Wildman–Crippen LogP) is 0.996. The van der Waals surface area contributed by atoms with Gasteiger partial charge in [-0.15, -0.1) is 0 Å². The average molecular weight is 133 g/mol. The second-order valence-electron chi connectivity index (χ2n) is 1.54. The van der Waals surface area contributed by atoms with Gasteiger partial charge in [0.25, 0.3) is 0 Å². The van der Waals surface area contributed by atoms with Gasteiger partial charge in [0.2, 0.25) is 0 Å². The number of hydrogen-bond donors (Lipinski definition) is 0. The first-order chi connectivity index (χ1) is 5.00. The minimum atomic E-state index is 1.46. The van der Waals surface area contributed by atoms with Gasteiger partial charge in [-0.2, -0.15) is 0 Å². The van der Waals surface area contributed by atoms with Gasteiger partial charge in [0.05, 0.1) is 0 Å². The van der Waals surface area contributed by atoms with E-state index in [9.17, 15) is 0 Å². The van der Waals surface area contributed by atoms with Crippen molar-refractivity contribution in [2.24, 2.45) is 0 Å². The predicted molar refractivity (Wildman–Crippen MR) is 37.5 cm³/mol. The SMILES string of the molecule is c1ccncnccnc1. The number of hydrogen-bond acceptors (Lipinski definition) is 3. The van der Waals surface area contributed by atoms with Gasteiger partial charge in [-0.1, -0.05) is 0 Å². The first kappa shape index (κ1) is 6.61. The van der Waals surface area contributed by atoms with Crippen LogP contribution in [0.4, 0.5) is 0 Å².